The number of aryl methyl sites for hydroxylation is 1. The van der Waals surface area contributed by atoms with Crippen LogP contribution in [0.2, 0.25) is 0 Å². The zero-order valence-corrected chi connectivity index (χ0v) is 21.2. The average molecular weight is 496 g/mol. The normalized spacial score (nSPS) is 12.7. The van der Waals surface area contributed by atoms with E-state index in [1.165, 1.54) is 6.20 Å². The number of fused-ring (bicyclic) bond motifs is 1. The second kappa shape index (κ2) is 10.5. The molecule has 7 heteroatoms. The Hall–Kier alpha value is -4.65. The Balaban J connectivity index is 1.84. The Labute approximate surface area is 215 Å². The van der Waals surface area contributed by atoms with Gasteiger partial charge in [-0.05, 0) is 50.1 Å². The molecule has 7 nitrogen and oxygen atoms in total. The van der Waals surface area contributed by atoms with Crippen LogP contribution in [0.25, 0.3) is 27.9 Å². The van der Waals surface area contributed by atoms with Gasteiger partial charge in [-0.25, -0.2) is 4.79 Å². The fraction of sp³-hybridized carbons (Fsp3) is 0.167. The number of rotatable bonds is 7. The number of aliphatic imine (C=N–C) groups is 1. The van der Waals surface area contributed by atoms with Crippen LogP contribution in [0.4, 0.5) is 5.69 Å². The van der Waals surface area contributed by atoms with E-state index in [9.17, 15) is 14.7 Å². The van der Waals surface area contributed by atoms with Gasteiger partial charge in [-0.2, -0.15) is 0 Å². The molecule has 0 saturated heterocycles. The monoisotopic (exact) mass is 495 g/mol. The summed E-state index contributed by atoms with van der Waals surface area (Å²) in [6.07, 6.45) is 3.18. The number of nitrogens with two attached hydrogens (primary N) is 1. The van der Waals surface area contributed by atoms with Crippen LogP contribution < -0.4 is 16.5 Å². The molecule has 3 aromatic carbocycles. The van der Waals surface area contributed by atoms with Crippen LogP contribution >= 0.6 is 0 Å². The lowest BCUT2D eigenvalue weighted by molar-refractivity contribution is 0.0698. The minimum Gasteiger partial charge on any atom is -0.478 e. The molecule has 4 aromatic rings. The summed E-state index contributed by atoms with van der Waals surface area (Å²) in [4.78, 5) is 29.2. The molecule has 4 rings (SSSR count). The van der Waals surface area contributed by atoms with Gasteiger partial charge in [-0.15, -0.1) is 0 Å². The first-order valence-electron chi connectivity index (χ1n) is 11.9. The lowest BCUT2D eigenvalue weighted by atomic mass is 9.98. The van der Waals surface area contributed by atoms with Gasteiger partial charge in [0.2, 0.25) is 0 Å². The summed E-state index contributed by atoms with van der Waals surface area (Å²) >= 11 is 0. The molecule has 0 spiro atoms. The molecule has 37 heavy (non-hydrogen) atoms. The van der Waals surface area contributed by atoms with Gasteiger partial charge < -0.3 is 20.6 Å². The second-order valence-corrected chi connectivity index (χ2v) is 8.92. The molecule has 1 aromatic heterocycles. The van der Waals surface area contributed by atoms with Crippen molar-refractivity contribution in [3.05, 3.63) is 105 Å². The van der Waals surface area contributed by atoms with Gasteiger partial charge in [-0.3, -0.25) is 9.79 Å². The molecule has 0 aliphatic rings. The minimum atomic E-state index is -1.02. The van der Waals surface area contributed by atoms with E-state index in [1.54, 1.807) is 44.5 Å². The number of hydrogen-bond donors (Lipinski definition) is 3. The summed E-state index contributed by atoms with van der Waals surface area (Å²) in [5, 5.41) is 13.3. The molecule has 0 aliphatic carbocycles. The van der Waals surface area contributed by atoms with Crippen molar-refractivity contribution in [1.29, 1.82) is 0 Å². The minimum absolute atomic E-state index is 0.107. The van der Waals surface area contributed by atoms with Crippen molar-refractivity contribution in [2.75, 3.05) is 12.4 Å². The Morgan fingerprint density at radius 3 is 2.46 bits per heavy atom. The van der Waals surface area contributed by atoms with Crippen molar-refractivity contribution in [2.45, 2.75) is 26.8 Å². The number of carboxylic acid groups (broad SMARTS) is 1. The quantitative estimate of drug-likeness (QED) is 0.273. The van der Waals surface area contributed by atoms with E-state index >= 15 is 0 Å². The van der Waals surface area contributed by atoms with Gasteiger partial charge in [0.1, 0.15) is 11.3 Å². The van der Waals surface area contributed by atoms with E-state index in [-0.39, 0.29) is 17.0 Å². The van der Waals surface area contributed by atoms with E-state index in [1.807, 2.05) is 50.2 Å². The molecule has 1 unspecified atom stereocenters. The summed E-state index contributed by atoms with van der Waals surface area (Å²) in [7, 11) is 1.68. The van der Waals surface area contributed by atoms with E-state index < -0.39 is 5.97 Å². The molecular weight excluding hydrogens is 466 g/mol. The number of carbonyl (C=O) groups is 1. The average Bonchev–Trinajstić information content (AvgIpc) is 2.89. The maximum atomic E-state index is 13.5. The largest absolute Gasteiger partial charge is 0.478 e. The molecule has 1 heterocycles. The first kappa shape index (κ1) is 25.4. The number of benzene rings is 3. The number of carboxylic acids is 1. The zero-order chi connectivity index (χ0) is 26.7. The number of para-hydroxylation sites is 1. The molecule has 0 bridgehead atoms. The van der Waals surface area contributed by atoms with E-state index in [2.05, 4.69) is 10.3 Å². The predicted molar refractivity (Wildman–Crippen MR) is 149 cm³/mol. The maximum absolute atomic E-state index is 13.5. The first-order valence-corrected chi connectivity index (χ1v) is 11.9. The third-order valence-corrected chi connectivity index (χ3v) is 6.32. The van der Waals surface area contributed by atoms with E-state index in [0.717, 1.165) is 27.8 Å². The van der Waals surface area contributed by atoms with Crippen molar-refractivity contribution in [3.63, 3.8) is 0 Å². The highest BCUT2D eigenvalue weighted by molar-refractivity contribution is 6.09. The summed E-state index contributed by atoms with van der Waals surface area (Å²) in [5.74, 6) is -0.537. The second-order valence-electron chi connectivity index (χ2n) is 8.92. The van der Waals surface area contributed by atoms with Gasteiger partial charge >= 0.3 is 5.97 Å². The number of nitrogens with zero attached hydrogens (tertiary/aromatic N) is 1. The van der Waals surface area contributed by atoms with Crippen molar-refractivity contribution in [3.8, 4) is 11.3 Å². The molecule has 188 valence electrons. The Morgan fingerprint density at radius 2 is 1.81 bits per heavy atom. The van der Waals surface area contributed by atoms with Gasteiger partial charge in [0.25, 0.3) is 0 Å². The fourth-order valence-electron chi connectivity index (χ4n) is 4.44. The van der Waals surface area contributed by atoms with Crippen LogP contribution in [-0.2, 0) is 0 Å². The van der Waals surface area contributed by atoms with Gasteiger partial charge in [0.15, 0.2) is 5.43 Å². The van der Waals surface area contributed by atoms with Crippen molar-refractivity contribution < 1.29 is 14.3 Å². The summed E-state index contributed by atoms with van der Waals surface area (Å²) in [5.41, 5.74) is 11.4. The molecular formula is C30H29N3O4. The Kier molecular flexibility index (Phi) is 7.25. The molecule has 0 saturated carbocycles. The predicted octanol–water partition coefficient (Wildman–Crippen LogP) is 5.95. The summed E-state index contributed by atoms with van der Waals surface area (Å²) in [6, 6.07) is 17.8. The van der Waals surface area contributed by atoms with Crippen LogP contribution in [0.3, 0.4) is 0 Å². The fourth-order valence-corrected chi connectivity index (χ4v) is 4.44. The number of allylic oxidation sites excluding steroid dienone is 1. The first-order chi connectivity index (χ1) is 17.7. The topological polar surface area (TPSA) is 118 Å². The van der Waals surface area contributed by atoms with Gasteiger partial charge in [0, 0.05) is 47.4 Å². The number of nitrogens with one attached hydrogen (secondary N) is 1. The highest BCUT2D eigenvalue weighted by Gasteiger charge is 2.20. The van der Waals surface area contributed by atoms with Crippen molar-refractivity contribution >= 4 is 34.4 Å². The standard InChI is InChI=1S/C30H29N3O4/c1-17-13-24(19(3)33-26-8-6-5-7-23(26)30(35)36)29-25(14-17)27(34)18(2)28(37-29)21-11-9-20(10-12-21)22(15-31)16-32-4/h5-16,19,33H,31H2,1-4H3,(H,35,36)/b22-15+,32-16?. The van der Waals surface area contributed by atoms with Crippen molar-refractivity contribution in [1.82, 2.24) is 0 Å². The molecule has 0 amide bonds. The van der Waals surface area contributed by atoms with E-state index in [0.29, 0.717) is 28.0 Å². The highest BCUT2D eigenvalue weighted by atomic mass is 16.4. The molecule has 0 radical (unpaired) electrons. The number of hydrogen-bond acceptors (Lipinski definition) is 6. The third-order valence-electron chi connectivity index (χ3n) is 6.32. The lowest BCUT2D eigenvalue weighted by Gasteiger charge is -2.20. The SMILES string of the molecule is CN=C/C(=C\N)c1ccc(-c2oc3c(C(C)Nc4ccccc4C(=O)O)cc(C)cc3c(=O)c2C)cc1. The molecule has 1 atom stereocenters. The van der Waals surface area contributed by atoms with Crippen LogP contribution in [0.1, 0.15) is 45.6 Å². The highest BCUT2D eigenvalue weighted by Crippen LogP contribution is 2.33. The summed E-state index contributed by atoms with van der Waals surface area (Å²) in [6.45, 7) is 5.60. The van der Waals surface area contributed by atoms with E-state index in [4.69, 9.17) is 10.2 Å². The van der Waals surface area contributed by atoms with Gasteiger partial charge in [0.05, 0.1) is 17.0 Å². The molecule has 0 fully saturated rings. The lowest BCUT2D eigenvalue weighted by Crippen LogP contribution is -2.14. The van der Waals surface area contributed by atoms with Crippen LogP contribution in [0.5, 0.6) is 0 Å². The number of anilines is 1. The van der Waals surface area contributed by atoms with Crippen LogP contribution in [0, 0.1) is 13.8 Å². The Morgan fingerprint density at radius 1 is 1.11 bits per heavy atom. The molecule has 4 N–H and O–H groups in total. The van der Waals surface area contributed by atoms with Gasteiger partial charge in [-0.1, -0.05) is 42.5 Å². The number of aromatic carboxylic acids is 1. The smallest absolute Gasteiger partial charge is 0.337 e. The van der Waals surface area contributed by atoms with Crippen molar-refractivity contribution in [2.24, 2.45) is 10.7 Å². The Bertz CT molecular complexity index is 1600. The summed E-state index contributed by atoms with van der Waals surface area (Å²) < 4.78 is 6.43. The third kappa shape index (κ3) is 5.02. The van der Waals surface area contributed by atoms with Crippen LogP contribution in [0.15, 0.2) is 81.1 Å². The van der Waals surface area contributed by atoms with Crippen LogP contribution in [-0.4, -0.2) is 24.3 Å². The maximum Gasteiger partial charge on any atom is 0.337 e. The molecule has 0 aliphatic heterocycles. The zero-order valence-electron chi connectivity index (χ0n) is 21.2.